The lowest BCUT2D eigenvalue weighted by Gasteiger charge is -2.07. The first-order valence-electron chi connectivity index (χ1n) is 6.06. The van der Waals surface area contributed by atoms with Gasteiger partial charge < -0.3 is 4.74 Å². The zero-order valence-corrected chi connectivity index (χ0v) is 12.9. The average molecular weight is 374 g/mol. The Hall–Kier alpha value is -2.09. The van der Waals surface area contributed by atoms with Crippen LogP contribution in [0, 0.1) is 0 Å². The molecular formula is C14H11BrF3N3O. The fourth-order valence-corrected chi connectivity index (χ4v) is 1.98. The van der Waals surface area contributed by atoms with Crippen LogP contribution in [0.25, 0.3) is 0 Å². The maximum Gasteiger partial charge on any atom is 0.417 e. The van der Waals surface area contributed by atoms with Crippen molar-refractivity contribution >= 4 is 28.0 Å². The van der Waals surface area contributed by atoms with E-state index in [4.69, 9.17) is 4.74 Å². The van der Waals surface area contributed by atoms with Gasteiger partial charge in [-0.3, -0.25) is 5.43 Å². The van der Waals surface area contributed by atoms with E-state index in [1.807, 2.05) is 6.07 Å². The molecule has 0 amide bonds. The van der Waals surface area contributed by atoms with E-state index < -0.39 is 11.7 Å². The van der Waals surface area contributed by atoms with Gasteiger partial charge >= 0.3 is 6.18 Å². The van der Waals surface area contributed by atoms with Crippen LogP contribution >= 0.6 is 15.9 Å². The van der Waals surface area contributed by atoms with Crippen molar-refractivity contribution in [1.82, 2.24) is 4.98 Å². The molecule has 1 N–H and O–H groups in total. The third-order valence-corrected chi connectivity index (χ3v) is 3.16. The molecule has 2 rings (SSSR count). The molecule has 22 heavy (non-hydrogen) atoms. The first-order valence-corrected chi connectivity index (χ1v) is 6.85. The quantitative estimate of drug-likeness (QED) is 0.641. The van der Waals surface area contributed by atoms with E-state index in [-0.39, 0.29) is 5.82 Å². The van der Waals surface area contributed by atoms with Crippen molar-refractivity contribution in [1.29, 1.82) is 0 Å². The first kappa shape index (κ1) is 16.3. The van der Waals surface area contributed by atoms with Crippen LogP contribution in [0.1, 0.15) is 11.1 Å². The number of anilines is 1. The van der Waals surface area contributed by atoms with Crippen molar-refractivity contribution in [2.75, 3.05) is 12.5 Å². The topological polar surface area (TPSA) is 46.5 Å². The minimum absolute atomic E-state index is 0.207. The van der Waals surface area contributed by atoms with Crippen LogP contribution in [0.2, 0.25) is 0 Å². The highest BCUT2D eigenvalue weighted by Crippen LogP contribution is 2.28. The van der Waals surface area contributed by atoms with Crippen molar-refractivity contribution in [3.8, 4) is 5.75 Å². The van der Waals surface area contributed by atoms with Crippen molar-refractivity contribution in [2.24, 2.45) is 5.10 Å². The molecule has 2 aromatic rings. The number of alkyl halides is 3. The summed E-state index contributed by atoms with van der Waals surface area (Å²) in [4.78, 5) is 3.65. The van der Waals surface area contributed by atoms with Gasteiger partial charge in [-0.05, 0) is 30.3 Å². The zero-order chi connectivity index (χ0) is 16.2. The zero-order valence-electron chi connectivity index (χ0n) is 11.4. The van der Waals surface area contributed by atoms with Gasteiger partial charge in [0.2, 0.25) is 0 Å². The maximum absolute atomic E-state index is 12.4. The number of rotatable bonds is 4. The number of hydrazone groups is 1. The Morgan fingerprint density at radius 1 is 1.27 bits per heavy atom. The molecule has 0 aliphatic rings. The van der Waals surface area contributed by atoms with Crippen molar-refractivity contribution in [2.45, 2.75) is 6.18 Å². The molecule has 0 unspecified atom stereocenters. The van der Waals surface area contributed by atoms with Gasteiger partial charge in [-0.2, -0.15) is 18.3 Å². The molecule has 0 aliphatic carbocycles. The Kier molecular flexibility index (Phi) is 5.02. The van der Waals surface area contributed by atoms with Crippen LogP contribution in [-0.2, 0) is 6.18 Å². The molecule has 0 aliphatic heterocycles. The number of halogens is 4. The number of hydrogen-bond acceptors (Lipinski definition) is 4. The predicted molar refractivity (Wildman–Crippen MR) is 81.1 cm³/mol. The molecule has 0 fully saturated rings. The van der Waals surface area contributed by atoms with Crippen LogP contribution < -0.4 is 10.2 Å². The van der Waals surface area contributed by atoms with E-state index >= 15 is 0 Å². The van der Waals surface area contributed by atoms with E-state index in [0.29, 0.717) is 11.3 Å². The second kappa shape index (κ2) is 6.78. The molecule has 0 radical (unpaired) electrons. The van der Waals surface area contributed by atoms with Gasteiger partial charge in [0, 0.05) is 16.2 Å². The van der Waals surface area contributed by atoms with Gasteiger partial charge in [0.1, 0.15) is 11.6 Å². The Morgan fingerprint density at radius 3 is 2.64 bits per heavy atom. The number of pyridine rings is 1. The molecule has 8 heteroatoms. The third-order valence-electron chi connectivity index (χ3n) is 2.67. The highest BCUT2D eigenvalue weighted by molar-refractivity contribution is 9.10. The maximum atomic E-state index is 12.4. The Morgan fingerprint density at radius 2 is 2.05 bits per heavy atom. The largest absolute Gasteiger partial charge is 0.496 e. The molecule has 0 bridgehead atoms. The van der Waals surface area contributed by atoms with Crippen LogP contribution in [-0.4, -0.2) is 18.3 Å². The molecule has 0 saturated carbocycles. The summed E-state index contributed by atoms with van der Waals surface area (Å²) < 4.78 is 43.2. The smallest absolute Gasteiger partial charge is 0.417 e. The number of nitrogens with one attached hydrogen (secondary N) is 1. The van der Waals surface area contributed by atoms with Gasteiger partial charge in [-0.1, -0.05) is 15.9 Å². The summed E-state index contributed by atoms with van der Waals surface area (Å²) in [7, 11) is 1.53. The summed E-state index contributed by atoms with van der Waals surface area (Å²) in [5.74, 6) is 0.826. The fourth-order valence-electron chi connectivity index (χ4n) is 1.60. The fraction of sp³-hybridized carbons (Fsp3) is 0.143. The molecule has 0 spiro atoms. The molecule has 1 heterocycles. The first-order chi connectivity index (χ1) is 10.4. The average Bonchev–Trinajstić information content (AvgIpc) is 2.47. The molecule has 1 aromatic heterocycles. The van der Waals surface area contributed by atoms with Gasteiger partial charge in [0.05, 0.1) is 18.9 Å². The number of ether oxygens (including phenoxy) is 1. The molecule has 0 atom stereocenters. The lowest BCUT2D eigenvalue weighted by molar-refractivity contribution is -0.137. The van der Waals surface area contributed by atoms with E-state index in [1.54, 1.807) is 12.1 Å². The van der Waals surface area contributed by atoms with Gasteiger partial charge in [0.15, 0.2) is 0 Å². The Bertz CT molecular complexity index is 672. The SMILES string of the molecule is COc1ccc(Br)cc1/C=N\Nc1ccc(C(F)(F)F)cn1. The van der Waals surface area contributed by atoms with Gasteiger partial charge in [-0.15, -0.1) is 0 Å². The highest BCUT2D eigenvalue weighted by Gasteiger charge is 2.30. The lowest BCUT2D eigenvalue weighted by atomic mass is 10.2. The number of methoxy groups -OCH3 is 1. The highest BCUT2D eigenvalue weighted by atomic mass is 79.9. The molecule has 116 valence electrons. The van der Waals surface area contributed by atoms with Gasteiger partial charge in [0.25, 0.3) is 0 Å². The van der Waals surface area contributed by atoms with E-state index in [2.05, 4.69) is 31.4 Å². The molecular weight excluding hydrogens is 363 g/mol. The Labute approximate surface area is 133 Å². The minimum atomic E-state index is -4.40. The summed E-state index contributed by atoms with van der Waals surface area (Å²) >= 11 is 3.33. The van der Waals surface area contributed by atoms with E-state index in [0.717, 1.165) is 16.7 Å². The standard InChI is InChI=1S/C14H11BrF3N3O/c1-22-12-4-3-11(15)6-9(12)7-20-21-13-5-2-10(8-19-13)14(16,17)18/h2-8H,1H3,(H,19,21)/b20-7-. The van der Waals surface area contributed by atoms with E-state index in [9.17, 15) is 13.2 Å². The van der Waals surface area contributed by atoms with Crippen molar-refractivity contribution < 1.29 is 17.9 Å². The van der Waals surface area contributed by atoms with Crippen LogP contribution in [0.15, 0.2) is 46.1 Å². The summed E-state index contributed by atoms with van der Waals surface area (Å²) in [6.45, 7) is 0. The van der Waals surface area contributed by atoms with Crippen molar-refractivity contribution in [3.63, 3.8) is 0 Å². The van der Waals surface area contributed by atoms with E-state index in [1.165, 1.54) is 19.4 Å². The monoisotopic (exact) mass is 373 g/mol. The minimum Gasteiger partial charge on any atom is -0.496 e. The summed E-state index contributed by atoms with van der Waals surface area (Å²) in [5.41, 5.74) is 2.46. The lowest BCUT2D eigenvalue weighted by Crippen LogP contribution is -2.05. The number of benzene rings is 1. The van der Waals surface area contributed by atoms with Crippen molar-refractivity contribution in [3.05, 3.63) is 52.1 Å². The molecule has 0 saturated heterocycles. The molecule has 4 nitrogen and oxygen atoms in total. The van der Waals surface area contributed by atoms with Crippen LogP contribution in [0.5, 0.6) is 5.75 Å². The molecule has 1 aromatic carbocycles. The van der Waals surface area contributed by atoms with Gasteiger partial charge in [-0.25, -0.2) is 4.98 Å². The second-order valence-electron chi connectivity index (χ2n) is 4.19. The van der Waals surface area contributed by atoms with Crippen LogP contribution in [0.4, 0.5) is 19.0 Å². The normalized spacial score (nSPS) is 11.7. The Balaban J connectivity index is 2.08. The summed E-state index contributed by atoms with van der Waals surface area (Å²) in [5, 5.41) is 3.93. The number of hydrogen-bond donors (Lipinski definition) is 1. The summed E-state index contributed by atoms with van der Waals surface area (Å²) in [6.07, 6.45) is -2.17. The predicted octanol–water partition coefficient (Wildman–Crippen LogP) is 4.32. The third kappa shape index (κ3) is 4.20. The van der Waals surface area contributed by atoms with Crippen LogP contribution in [0.3, 0.4) is 0 Å². The number of aromatic nitrogens is 1. The summed E-state index contributed by atoms with van der Waals surface area (Å²) in [6, 6.07) is 7.52. The second-order valence-corrected chi connectivity index (χ2v) is 5.10. The number of nitrogens with zero attached hydrogens (tertiary/aromatic N) is 2.